The van der Waals surface area contributed by atoms with Crippen LogP contribution >= 0.6 is 0 Å². The minimum Gasteiger partial charge on any atom is -0.381 e. The number of carbonyl (C=O) groups is 2. The van der Waals surface area contributed by atoms with Crippen LogP contribution in [0.15, 0.2) is 36.7 Å². The zero-order valence-electron chi connectivity index (χ0n) is 24.6. The summed E-state index contributed by atoms with van der Waals surface area (Å²) in [6, 6.07) is 9.92. The average molecular weight is 590 g/mol. The molecule has 6 rings (SSSR count). The van der Waals surface area contributed by atoms with E-state index in [4.69, 9.17) is 10.5 Å². The predicted molar refractivity (Wildman–Crippen MR) is 163 cm³/mol. The molecule has 2 amide bonds. The molecule has 0 bridgehead atoms. The van der Waals surface area contributed by atoms with Crippen molar-refractivity contribution in [1.29, 1.82) is 0 Å². The Labute approximate surface area is 250 Å². The van der Waals surface area contributed by atoms with E-state index in [9.17, 15) is 9.59 Å². The summed E-state index contributed by atoms with van der Waals surface area (Å²) >= 11 is 0. The number of nitrogens with two attached hydrogens (primary N) is 1. The van der Waals surface area contributed by atoms with Crippen LogP contribution in [-0.4, -0.2) is 112 Å². The van der Waals surface area contributed by atoms with Crippen molar-refractivity contribution in [2.24, 2.45) is 5.92 Å². The van der Waals surface area contributed by atoms with Gasteiger partial charge in [0.25, 0.3) is 0 Å². The van der Waals surface area contributed by atoms with Gasteiger partial charge in [-0.2, -0.15) is 9.67 Å². The van der Waals surface area contributed by atoms with Gasteiger partial charge in [0.2, 0.25) is 23.7 Å². The summed E-state index contributed by atoms with van der Waals surface area (Å²) in [5.41, 5.74) is 8.16. The van der Waals surface area contributed by atoms with E-state index in [1.54, 1.807) is 6.92 Å². The Balaban J connectivity index is 1.06. The molecule has 3 fully saturated rings. The van der Waals surface area contributed by atoms with Crippen LogP contribution in [0, 0.1) is 5.92 Å². The number of nitrogen functional groups attached to an aromatic ring is 1. The maximum Gasteiger partial charge on any atom is 0.248 e. The Bertz CT molecular complexity index is 1420. The smallest absolute Gasteiger partial charge is 0.248 e. The van der Waals surface area contributed by atoms with Gasteiger partial charge in [-0.15, -0.1) is 5.10 Å². The summed E-state index contributed by atoms with van der Waals surface area (Å²) in [6.45, 7) is 8.92. The van der Waals surface area contributed by atoms with E-state index in [1.807, 2.05) is 28.0 Å². The molecule has 0 radical (unpaired) electrons. The zero-order chi connectivity index (χ0) is 29.8. The lowest BCUT2D eigenvalue weighted by Gasteiger charge is -2.38. The molecule has 14 heteroatoms. The van der Waals surface area contributed by atoms with Crippen molar-refractivity contribution in [2.45, 2.75) is 26.2 Å². The Hall–Kier alpha value is -4.46. The molecule has 0 atom stereocenters. The van der Waals surface area contributed by atoms with Crippen LogP contribution in [0.4, 0.5) is 29.1 Å². The van der Waals surface area contributed by atoms with E-state index in [1.165, 1.54) is 11.0 Å². The number of rotatable bonds is 6. The Kier molecular flexibility index (Phi) is 8.54. The molecule has 3 aliphatic heterocycles. The summed E-state index contributed by atoms with van der Waals surface area (Å²) in [7, 11) is 0. The molecule has 228 valence electrons. The molecule has 43 heavy (non-hydrogen) atoms. The topological polar surface area (TPSA) is 151 Å². The summed E-state index contributed by atoms with van der Waals surface area (Å²) in [5.74, 6) is 2.30. The van der Waals surface area contributed by atoms with Crippen molar-refractivity contribution in [1.82, 2.24) is 34.5 Å². The molecule has 3 aliphatic rings. The highest BCUT2D eigenvalue weighted by Gasteiger charge is 2.29. The fourth-order valence-corrected chi connectivity index (χ4v) is 5.91. The van der Waals surface area contributed by atoms with Gasteiger partial charge in [0, 0.05) is 95.9 Å². The largest absolute Gasteiger partial charge is 0.381 e. The van der Waals surface area contributed by atoms with Gasteiger partial charge in [-0.05, 0) is 43.5 Å². The van der Waals surface area contributed by atoms with Gasteiger partial charge in [0.1, 0.15) is 12.1 Å². The zero-order valence-corrected chi connectivity index (χ0v) is 24.6. The highest BCUT2D eigenvalue weighted by atomic mass is 16.5. The van der Waals surface area contributed by atoms with E-state index in [0.29, 0.717) is 38.1 Å². The molecule has 2 aromatic heterocycles. The number of aromatic nitrogens is 5. The van der Waals surface area contributed by atoms with Crippen LogP contribution in [0.2, 0.25) is 0 Å². The average Bonchev–Trinajstić information content (AvgIpc) is 3.23. The van der Waals surface area contributed by atoms with Crippen LogP contribution in [0.5, 0.6) is 0 Å². The highest BCUT2D eigenvalue weighted by molar-refractivity contribution is 5.79. The molecule has 0 spiro atoms. The van der Waals surface area contributed by atoms with Crippen molar-refractivity contribution >= 4 is 40.9 Å². The number of nitrogens with zero attached hydrogens (tertiary/aromatic N) is 9. The number of benzene rings is 1. The molecular weight excluding hydrogens is 550 g/mol. The second-order valence-electron chi connectivity index (χ2n) is 11.2. The third-order valence-electron chi connectivity index (χ3n) is 8.40. The van der Waals surface area contributed by atoms with E-state index in [0.717, 1.165) is 75.7 Å². The predicted octanol–water partition coefficient (Wildman–Crippen LogP) is 1.52. The summed E-state index contributed by atoms with van der Waals surface area (Å²) in [4.78, 5) is 46.2. The number of amides is 2. The van der Waals surface area contributed by atoms with Crippen LogP contribution in [0.1, 0.15) is 26.2 Å². The van der Waals surface area contributed by atoms with Gasteiger partial charge >= 0.3 is 0 Å². The lowest BCUT2D eigenvalue weighted by molar-refractivity contribution is -0.138. The maximum atomic E-state index is 12.9. The van der Waals surface area contributed by atoms with Crippen molar-refractivity contribution < 1.29 is 14.3 Å². The Morgan fingerprint density at radius 1 is 0.884 bits per heavy atom. The van der Waals surface area contributed by atoms with Crippen molar-refractivity contribution in [3.8, 4) is 5.82 Å². The first-order valence-electron chi connectivity index (χ1n) is 15.0. The number of carbonyl (C=O) groups excluding carboxylic acids is 2. The van der Waals surface area contributed by atoms with Crippen molar-refractivity contribution in [2.75, 3.05) is 86.4 Å². The van der Waals surface area contributed by atoms with Crippen LogP contribution in [0.25, 0.3) is 5.82 Å². The first kappa shape index (κ1) is 28.6. The van der Waals surface area contributed by atoms with Crippen LogP contribution in [0.3, 0.4) is 0 Å². The third kappa shape index (κ3) is 6.63. The summed E-state index contributed by atoms with van der Waals surface area (Å²) < 4.78 is 6.90. The number of nitrogens with one attached hydrogen (secondary N) is 1. The standard InChI is InChI=1S/C29H39N11O3/c1-21(41)36-9-2-10-38(14-11-36)25-19-26(32-20-31-25)40-28(30)34-29(35-40)33-23-3-5-24(6-4-23)37-12-15-39(16-13-37)27(42)22-7-17-43-18-8-22/h3-6,19-20,22H,2,7-18H2,1H3,(H3,30,33,34,35). The third-order valence-corrected chi connectivity index (χ3v) is 8.40. The number of piperazine rings is 1. The number of hydrogen-bond acceptors (Lipinski definition) is 11. The van der Waals surface area contributed by atoms with Crippen LogP contribution in [-0.2, 0) is 14.3 Å². The Morgan fingerprint density at radius 2 is 1.58 bits per heavy atom. The van der Waals surface area contributed by atoms with Gasteiger partial charge in [-0.1, -0.05) is 0 Å². The fraction of sp³-hybridized carbons (Fsp3) is 0.517. The normalized spacial score (nSPS) is 18.4. The van der Waals surface area contributed by atoms with Gasteiger partial charge in [0.05, 0.1) is 0 Å². The summed E-state index contributed by atoms with van der Waals surface area (Å²) in [6.07, 6.45) is 4.01. The summed E-state index contributed by atoms with van der Waals surface area (Å²) in [5, 5.41) is 7.77. The molecule has 14 nitrogen and oxygen atoms in total. The first-order chi connectivity index (χ1) is 20.9. The van der Waals surface area contributed by atoms with Gasteiger partial charge < -0.3 is 35.4 Å². The van der Waals surface area contributed by atoms with E-state index < -0.39 is 0 Å². The quantitative estimate of drug-likeness (QED) is 0.431. The van der Waals surface area contributed by atoms with Gasteiger partial charge in [-0.25, -0.2) is 9.97 Å². The second kappa shape index (κ2) is 12.8. The lowest BCUT2D eigenvalue weighted by atomic mass is 9.98. The maximum absolute atomic E-state index is 12.9. The number of ether oxygens (including phenoxy) is 1. The fourth-order valence-electron chi connectivity index (χ4n) is 5.91. The number of hydrogen-bond donors (Lipinski definition) is 2. The molecule has 3 aromatic rings. The van der Waals surface area contributed by atoms with Crippen molar-refractivity contribution in [3.05, 3.63) is 36.7 Å². The first-order valence-corrected chi connectivity index (χ1v) is 15.0. The molecule has 1 aromatic carbocycles. The minimum absolute atomic E-state index is 0.0902. The molecular formula is C29H39N11O3. The molecule has 5 heterocycles. The molecule has 0 aliphatic carbocycles. The lowest BCUT2D eigenvalue weighted by Crippen LogP contribution is -2.51. The van der Waals surface area contributed by atoms with Crippen LogP contribution < -0.4 is 20.9 Å². The highest BCUT2D eigenvalue weighted by Crippen LogP contribution is 2.24. The monoisotopic (exact) mass is 589 g/mol. The SMILES string of the molecule is CC(=O)N1CCCN(c2cc(-n3nc(Nc4ccc(N5CCN(C(=O)C6CCOCC6)CC5)cc4)nc3N)ncn2)CC1. The second-order valence-corrected chi connectivity index (χ2v) is 11.2. The van der Waals surface area contributed by atoms with Gasteiger partial charge in [-0.3, -0.25) is 9.59 Å². The van der Waals surface area contributed by atoms with E-state index in [-0.39, 0.29) is 23.7 Å². The molecule has 3 N–H and O–H groups in total. The molecule has 0 unspecified atom stereocenters. The van der Waals surface area contributed by atoms with E-state index >= 15 is 0 Å². The van der Waals surface area contributed by atoms with E-state index in [2.05, 4.69) is 47.3 Å². The van der Waals surface area contributed by atoms with Crippen molar-refractivity contribution in [3.63, 3.8) is 0 Å². The Morgan fingerprint density at radius 3 is 2.33 bits per heavy atom. The molecule has 0 saturated carbocycles. The number of anilines is 5. The van der Waals surface area contributed by atoms with Gasteiger partial charge in [0.15, 0.2) is 5.82 Å². The minimum atomic E-state index is 0.0902. The molecule has 3 saturated heterocycles.